The van der Waals surface area contributed by atoms with E-state index in [1.165, 1.54) is 6.42 Å². The molecule has 4 nitrogen and oxygen atoms in total. The predicted molar refractivity (Wildman–Crippen MR) is 73.8 cm³/mol. The Morgan fingerprint density at radius 3 is 2.84 bits per heavy atom. The number of carbonyl (C=O) groups is 1. The van der Waals surface area contributed by atoms with Crippen LogP contribution in [0.25, 0.3) is 0 Å². The van der Waals surface area contributed by atoms with Crippen LogP contribution in [-0.4, -0.2) is 36.5 Å². The Bertz CT molecular complexity index is 475. The molecule has 0 aliphatic carbocycles. The minimum absolute atomic E-state index is 0.0626. The van der Waals surface area contributed by atoms with Gasteiger partial charge in [-0.05, 0) is 50.2 Å². The van der Waals surface area contributed by atoms with E-state index in [1.807, 2.05) is 6.07 Å². The number of hydrogen-bond acceptors (Lipinski definition) is 3. The van der Waals surface area contributed by atoms with Crippen LogP contribution in [0.3, 0.4) is 0 Å². The second kappa shape index (κ2) is 6.35. The van der Waals surface area contributed by atoms with Crippen LogP contribution in [0.5, 0.6) is 0 Å². The van der Waals surface area contributed by atoms with E-state index in [4.69, 9.17) is 5.26 Å². The Morgan fingerprint density at radius 1 is 1.47 bits per heavy atom. The average molecular weight is 257 g/mol. The first-order valence-corrected chi connectivity index (χ1v) is 6.77. The van der Waals surface area contributed by atoms with Gasteiger partial charge in [0.2, 0.25) is 0 Å². The van der Waals surface area contributed by atoms with Crippen LogP contribution in [0.4, 0.5) is 0 Å². The second-order valence-corrected chi connectivity index (χ2v) is 4.82. The molecule has 0 unspecified atom stereocenters. The molecule has 1 aromatic carbocycles. The number of nitriles is 1. The van der Waals surface area contributed by atoms with Crippen molar-refractivity contribution in [3.8, 4) is 6.07 Å². The van der Waals surface area contributed by atoms with Crippen LogP contribution in [0.1, 0.15) is 35.7 Å². The molecule has 2 rings (SSSR count). The highest BCUT2D eigenvalue weighted by Crippen LogP contribution is 2.15. The average Bonchev–Trinajstić information content (AvgIpc) is 2.92. The number of amides is 1. The Balaban J connectivity index is 1.88. The van der Waals surface area contributed by atoms with E-state index in [2.05, 4.69) is 17.1 Å². The van der Waals surface area contributed by atoms with E-state index in [9.17, 15) is 4.79 Å². The molecule has 1 heterocycles. The SMILES string of the molecule is CCN1CCC[C@@H]1CNC(=O)c1ccc(C#N)cc1. The molecule has 1 atom stereocenters. The zero-order valence-corrected chi connectivity index (χ0v) is 11.2. The monoisotopic (exact) mass is 257 g/mol. The normalized spacial score (nSPS) is 19.1. The van der Waals surface area contributed by atoms with E-state index in [0.717, 1.165) is 19.5 Å². The zero-order chi connectivity index (χ0) is 13.7. The number of benzene rings is 1. The number of carbonyl (C=O) groups excluding carboxylic acids is 1. The first-order chi connectivity index (χ1) is 9.24. The van der Waals surface area contributed by atoms with Crippen LogP contribution in [0.15, 0.2) is 24.3 Å². The van der Waals surface area contributed by atoms with Crippen LogP contribution in [0, 0.1) is 11.3 Å². The van der Waals surface area contributed by atoms with Gasteiger partial charge in [-0.2, -0.15) is 5.26 Å². The van der Waals surface area contributed by atoms with Gasteiger partial charge in [0.15, 0.2) is 0 Å². The molecular formula is C15H19N3O. The Labute approximate surface area is 114 Å². The molecule has 0 spiro atoms. The second-order valence-electron chi connectivity index (χ2n) is 4.82. The molecule has 19 heavy (non-hydrogen) atoms. The van der Waals surface area contributed by atoms with Crippen molar-refractivity contribution in [1.29, 1.82) is 5.26 Å². The van der Waals surface area contributed by atoms with E-state index < -0.39 is 0 Å². The number of nitrogens with zero attached hydrogens (tertiary/aromatic N) is 2. The van der Waals surface area contributed by atoms with Crippen molar-refractivity contribution >= 4 is 5.91 Å². The van der Waals surface area contributed by atoms with Crippen molar-refractivity contribution in [2.45, 2.75) is 25.8 Å². The molecule has 4 heteroatoms. The third-order valence-electron chi connectivity index (χ3n) is 3.68. The van der Waals surface area contributed by atoms with Gasteiger partial charge in [0.25, 0.3) is 5.91 Å². The minimum atomic E-state index is -0.0626. The summed E-state index contributed by atoms with van der Waals surface area (Å²) in [7, 11) is 0. The molecule has 1 aliphatic rings. The molecule has 1 fully saturated rings. The molecule has 0 aromatic heterocycles. The maximum absolute atomic E-state index is 12.0. The fourth-order valence-corrected chi connectivity index (χ4v) is 2.55. The van der Waals surface area contributed by atoms with E-state index in [0.29, 0.717) is 23.7 Å². The maximum atomic E-state index is 12.0. The molecule has 0 bridgehead atoms. The standard InChI is InChI=1S/C15H19N3O/c1-2-18-9-3-4-14(18)11-17-15(19)13-7-5-12(10-16)6-8-13/h5-8,14H,2-4,9,11H2,1H3,(H,17,19)/t14-/m1/s1. The fraction of sp³-hybridized carbons (Fsp3) is 0.467. The van der Waals surface area contributed by atoms with Crippen LogP contribution >= 0.6 is 0 Å². The van der Waals surface area contributed by atoms with Crippen molar-refractivity contribution in [1.82, 2.24) is 10.2 Å². The molecule has 0 saturated carbocycles. The van der Waals surface area contributed by atoms with Crippen LogP contribution < -0.4 is 5.32 Å². The summed E-state index contributed by atoms with van der Waals surface area (Å²) in [6, 6.07) is 9.24. The number of rotatable bonds is 4. The van der Waals surface area contributed by atoms with Gasteiger partial charge < -0.3 is 5.32 Å². The van der Waals surface area contributed by atoms with Gasteiger partial charge in [-0.3, -0.25) is 9.69 Å². The number of nitrogens with one attached hydrogen (secondary N) is 1. The molecule has 1 aromatic rings. The molecule has 1 saturated heterocycles. The van der Waals surface area contributed by atoms with Crippen LogP contribution in [-0.2, 0) is 0 Å². The quantitative estimate of drug-likeness (QED) is 0.894. The smallest absolute Gasteiger partial charge is 0.251 e. The first-order valence-electron chi connectivity index (χ1n) is 6.77. The summed E-state index contributed by atoms with van der Waals surface area (Å²) in [4.78, 5) is 14.4. The van der Waals surface area contributed by atoms with Crippen molar-refractivity contribution in [2.75, 3.05) is 19.6 Å². The van der Waals surface area contributed by atoms with Gasteiger partial charge in [-0.1, -0.05) is 6.92 Å². The van der Waals surface area contributed by atoms with E-state index in [1.54, 1.807) is 24.3 Å². The van der Waals surface area contributed by atoms with Gasteiger partial charge >= 0.3 is 0 Å². The highest BCUT2D eigenvalue weighted by molar-refractivity contribution is 5.94. The number of likely N-dealkylation sites (N-methyl/N-ethyl adjacent to an activating group) is 1. The lowest BCUT2D eigenvalue weighted by molar-refractivity contribution is 0.0941. The molecule has 1 N–H and O–H groups in total. The summed E-state index contributed by atoms with van der Waals surface area (Å²) in [6.45, 7) is 5.03. The van der Waals surface area contributed by atoms with Crippen LogP contribution in [0.2, 0.25) is 0 Å². The van der Waals surface area contributed by atoms with Crippen molar-refractivity contribution in [3.63, 3.8) is 0 Å². The summed E-state index contributed by atoms with van der Waals surface area (Å²) < 4.78 is 0. The molecule has 0 radical (unpaired) electrons. The zero-order valence-electron chi connectivity index (χ0n) is 11.2. The minimum Gasteiger partial charge on any atom is -0.350 e. The summed E-state index contributed by atoms with van der Waals surface area (Å²) in [5, 5.41) is 11.7. The fourth-order valence-electron chi connectivity index (χ4n) is 2.55. The summed E-state index contributed by atoms with van der Waals surface area (Å²) in [5.41, 5.74) is 1.18. The molecule has 1 amide bonds. The summed E-state index contributed by atoms with van der Waals surface area (Å²) in [5.74, 6) is -0.0626. The lowest BCUT2D eigenvalue weighted by atomic mass is 10.1. The van der Waals surface area contributed by atoms with Gasteiger partial charge in [-0.15, -0.1) is 0 Å². The third kappa shape index (κ3) is 3.33. The maximum Gasteiger partial charge on any atom is 0.251 e. The lowest BCUT2D eigenvalue weighted by Crippen LogP contribution is -2.40. The number of hydrogen-bond donors (Lipinski definition) is 1. The van der Waals surface area contributed by atoms with Crippen molar-refractivity contribution in [3.05, 3.63) is 35.4 Å². The molecule has 100 valence electrons. The van der Waals surface area contributed by atoms with Crippen molar-refractivity contribution in [2.24, 2.45) is 0 Å². The van der Waals surface area contributed by atoms with Gasteiger partial charge in [0.1, 0.15) is 0 Å². The van der Waals surface area contributed by atoms with Gasteiger partial charge in [0, 0.05) is 18.2 Å². The Morgan fingerprint density at radius 2 is 2.21 bits per heavy atom. The Kier molecular flexibility index (Phi) is 4.53. The third-order valence-corrected chi connectivity index (χ3v) is 3.68. The summed E-state index contributed by atoms with van der Waals surface area (Å²) in [6.07, 6.45) is 2.37. The highest BCUT2D eigenvalue weighted by Gasteiger charge is 2.23. The largest absolute Gasteiger partial charge is 0.350 e. The summed E-state index contributed by atoms with van der Waals surface area (Å²) >= 11 is 0. The number of likely N-dealkylation sites (tertiary alicyclic amines) is 1. The van der Waals surface area contributed by atoms with E-state index in [-0.39, 0.29) is 5.91 Å². The van der Waals surface area contributed by atoms with E-state index >= 15 is 0 Å². The Hall–Kier alpha value is -1.86. The molecule has 1 aliphatic heterocycles. The molecular weight excluding hydrogens is 238 g/mol. The highest BCUT2D eigenvalue weighted by atomic mass is 16.1. The van der Waals surface area contributed by atoms with Crippen molar-refractivity contribution < 1.29 is 4.79 Å². The predicted octanol–water partition coefficient (Wildman–Crippen LogP) is 1.77. The van der Waals surface area contributed by atoms with Gasteiger partial charge in [-0.25, -0.2) is 0 Å². The first kappa shape index (κ1) is 13.6. The topological polar surface area (TPSA) is 56.1 Å². The van der Waals surface area contributed by atoms with Gasteiger partial charge in [0.05, 0.1) is 11.6 Å². The lowest BCUT2D eigenvalue weighted by Gasteiger charge is -2.22.